The fourth-order valence-electron chi connectivity index (χ4n) is 3.01. The molecule has 0 saturated carbocycles. The van der Waals surface area contributed by atoms with Crippen molar-refractivity contribution in [2.24, 2.45) is 0 Å². The Morgan fingerprint density at radius 3 is 2.89 bits per heavy atom. The lowest BCUT2D eigenvalue weighted by molar-refractivity contribution is -0.118. The van der Waals surface area contributed by atoms with Gasteiger partial charge in [0.25, 0.3) is 11.8 Å². The number of aromatic nitrogens is 2. The van der Waals surface area contributed by atoms with Crippen LogP contribution in [-0.2, 0) is 4.79 Å². The van der Waals surface area contributed by atoms with Gasteiger partial charge in [0.15, 0.2) is 11.6 Å². The van der Waals surface area contributed by atoms with Crippen LogP contribution in [0.5, 0.6) is 5.75 Å². The first-order chi connectivity index (χ1) is 13.7. The van der Waals surface area contributed by atoms with E-state index in [2.05, 4.69) is 15.6 Å². The average Bonchev–Trinajstić information content (AvgIpc) is 3.30. The molecule has 0 unspecified atom stereocenters. The summed E-state index contributed by atoms with van der Waals surface area (Å²) in [4.78, 5) is 29.4. The molecule has 0 saturated heterocycles. The molecule has 1 aliphatic heterocycles. The zero-order chi connectivity index (χ0) is 19.1. The van der Waals surface area contributed by atoms with Gasteiger partial charge in [-0.2, -0.15) is 0 Å². The largest absolute Gasteiger partial charge is 0.482 e. The Bertz CT molecular complexity index is 1180. The lowest BCUT2D eigenvalue weighted by atomic mass is 10.1. The minimum atomic E-state index is -0.251. The highest BCUT2D eigenvalue weighted by molar-refractivity contribution is 7.15. The van der Waals surface area contributed by atoms with E-state index in [4.69, 9.17) is 4.74 Å². The Kier molecular flexibility index (Phi) is 3.84. The molecule has 1 aliphatic rings. The molecule has 0 bridgehead atoms. The number of hydrogen-bond donors (Lipinski definition) is 2. The van der Waals surface area contributed by atoms with E-state index in [0.29, 0.717) is 22.7 Å². The van der Waals surface area contributed by atoms with Gasteiger partial charge < -0.3 is 15.4 Å². The Morgan fingerprint density at radius 1 is 1.21 bits per heavy atom. The Balaban J connectivity index is 1.32. The Morgan fingerprint density at radius 2 is 2.07 bits per heavy atom. The summed E-state index contributed by atoms with van der Waals surface area (Å²) in [6.45, 7) is -0.0503. The maximum Gasteiger partial charge on any atom is 0.262 e. The first kappa shape index (κ1) is 16.5. The molecule has 5 rings (SSSR count). The third-order valence-electron chi connectivity index (χ3n) is 4.41. The molecule has 2 amide bonds. The number of nitrogens with one attached hydrogen (secondary N) is 2. The molecule has 138 valence electrons. The maximum absolute atomic E-state index is 12.5. The predicted molar refractivity (Wildman–Crippen MR) is 107 cm³/mol. The number of imidazole rings is 1. The zero-order valence-electron chi connectivity index (χ0n) is 14.5. The van der Waals surface area contributed by atoms with E-state index in [0.717, 1.165) is 16.2 Å². The van der Waals surface area contributed by atoms with E-state index in [1.807, 2.05) is 46.4 Å². The van der Waals surface area contributed by atoms with Gasteiger partial charge in [-0.05, 0) is 30.3 Å². The highest BCUT2D eigenvalue weighted by Gasteiger charge is 2.18. The second-order valence-electron chi connectivity index (χ2n) is 6.30. The number of anilines is 2. The van der Waals surface area contributed by atoms with Crippen molar-refractivity contribution in [3.8, 4) is 17.0 Å². The molecule has 0 radical (unpaired) electrons. The molecule has 0 spiro atoms. The van der Waals surface area contributed by atoms with E-state index < -0.39 is 0 Å². The van der Waals surface area contributed by atoms with Gasteiger partial charge in [0.05, 0.1) is 11.4 Å². The van der Waals surface area contributed by atoms with E-state index in [1.165, 1.54) is 0 Å². The van der Waals surface area contributed by atoms with Crippen LogP contribution < -0.4 is 15.4 Å². The number of ether oxygens (including phenoxy) is 1. The molecular formula is C20H14N4O3S. The summed E-state index contributed by atoms with van der Waals surface area (Å²) in [5.74, 6) is 0.0308. The van der Waals surface area contributed by atoms with Gasteiger partial charge in [-0.3, -0.25) is 14.0 Å². The molecule has 0 atom stereocenters. The number of fused-ring (bicyclic) bond motifs is 2. The van der Waals surface area contributed by atoms with Crippen molar-refractivity contribution < 1.29 is 14.3 Å². The van der Waals surface area contributed by atoms with Crippen LogP contribution in [0.25, 0.3) is 16.2 Å². The number of benzene rings is 2. The molecule has 8 heteroatoms. The number of thiazole rings is 1. The SMILES string of the molecule is O=C1COc2cc(C(=O)Nc3ccc(-c4cn5ccsc5n4)cc3)ccc2N1. The third-order valence-corrected chi connectivity index (χ3v) is 5.18. The second-order valence-corrected chi connectivity index (χ2v) is 7.17. The number of hydrogen-bond acceptors (Lipinski definition) is 5. The summed E-state index contributed by atoms with van der Waals surface area (Å²) in [6, 6.07) is 12.5. The standard InChI is InChI=1S/C20H14N4O3S/c25-18-11-27-17-9-13(3-6-15(17)22-18)19(26)21-14-4-1-12(2-5-14)16-10-24-7-8-28-20(24)23-16/h1-10H,11H2,(H,21,26)(H,22,25). The van der Waals surface area contributed by atoms with Crippen molar-refractivity contribution in [2.75, 3.05) is 17.2 Å². The number of carbonyl (C=O) groups is 2. The van der Waals surface area contributed by atoms with Crippen molar-refractivity contribution in [3.63, 3.8) is 0 Å². The molecule has 2 N–H and O–H groups in total. The summed E-state index contributed by atoms with van der Waals surface area (Å²) in [6.07, 6.45) is 3.95. The minimum absolute atomic E-state index is 0.0503. The molecule has 2 aromatic carbocycles. The van der Waals surface area contributed by atoms with Gasteiger partial charge in [-0.1, -0.05) is 12.1 Å². The lowest BCUT2D eigenvalue weighted by Crippen LogP contribution is -2.25. The summed E-state index contributed by atoms with van der Waals surface area (Å²) in [5.41, 5.74) is 3.57. The molecule has 0 aliphatic carbocycles. The van der Waals surface area contributed by atoms with Crippen LogP contribution in [0.1, 0.15) is 10.4 Å². The molecule has 0 fully saturated rings. The fourth-order valence-corrected chi connectivity index (χ4v) is 3.71. The molecule has 2 aromatic heterocycles. The van der Waals surface area contributed by atoms with Crippen molar-refractivity contribution in [1.29, 1.82) is 0 Å². The summed E-state index contributed by atoms with van der Waals surface area (Å²) >= 11 is 1.58. The summed E-state index contributed by atoms with van der Waals surface area (Å²) < 4.78 is 7.34. The normalized spacial score (nSPS) is 12.9. The maximum atomic E-state index is 12.5. The van der Waals surface area contributed by atoms with Crippen LogP contribution in [0.3, 0.4) is 0 Å². The van der Waals surface area contributed by atoms with Gasteiger partial charge >= 0.3 is 0 Å². The number of carbonyl (C=O) groups excluding carboxylic acids is 2. The monoisotopic (exact) mass is 390 g/mol. The van der Waals surface area contributed by atoms with Crippen molar-refractivity contribution in [2.45, 2.75) is 0 Å². The summed E-state index contributed by atoms with van der Waals surface area (Å²) in [7, 11) is 0. The van der Waals surface area contributed by atoms with Crippen molar-refractivity contribution >= 4 is 39.5 Å². The molecule has 4 aromatic rings. The van der Waals surface area contributed by atoms with Crippen LogP contribution in [0.4, 0.5) is 11.4 Å². The molecule has 28 heavy (non-hydrogen) atoms. The second kappa shape index (κ2) is 6.50. The number of amides is 2. The van der Waals surface area contributed by atoms with Gasteiger partial charge in [-0.15, -0.1) is 11.3 Å². The van der Waals surface area contributed by atoms with Crippen LogP contribution in [0, 0.1) is 0 Å². The van der Waals surface area contributed by atoms with Crippen molar-refractivity contribution in [1.82, 2.24) is 9.38 Å². The highest BCUT2D eigenvalue weighted by atomic mass is 32.1. The van der Waals surface area contributed by atoms with Gasteiger partial charge in [0.2, 0.25) is 0 Å². The first-order valence-electron chi connectivity index (χ1n) is 8.56. The minimum Gasteiger partial charge on any atom is -0.482 e. The van der Waals surface area contributed by atoms with Crippen molar-refractivity contribution in [3.05, 3.63) is 65.8 Å². The Labute approximate surface area is 163 Å². The quantitative estimate of drug-likeness (QED) is 0.559. The summed E-state index contributed by atoms with van der Waals surface area (Å²) in [5, 5.41) is 7.56. The molecular weight excluding hydrogens is 376 g/mol. The number of rotatable bonds is 3. The van der Waals surface area contributed by atoms with Crippen LogP contribution >= 0.6 is 11.3 Å². The third kappa shape index (κ3) is 2.99. The van der Waals surface area contributed by atoms with Gasteiger partial charge in [0, 0.05) is 34.6 Å². The van der Waals surface area contributed by atoms with E-state index in [-0.39, 0.29) is 18.4 Å². The van der Waals surface area contributed by atoms with Crippen LogP contribution in [-0.4, -0.2) is 27.8 Å². The van der Waals surface area contributed by atoms with Crippen LogP contribution in [0.15, 0.2) is 60.2 Å². The smallest absolute Gasteiger partial charge is 0.262 e. The van der Waals surface area contributed by atoms with Gasteiger partial charge in [-0.25, -0.2) is 4.98 Å². The van der Waals surface area contributed by atoms with Crippen LogP contribution in [0.2, 0.25) is 0 Å². The molecule has 3 heterocycles. The Hall–Kier alpha value is -3.65. The average molecular weight is 390 g/mol. The van der Waals surface area contributed by atoms with E-state index >= 15 is 0 Å². The van der Waals surface area contributed by atoms with E-state index in [1.54, 1.807) is 29.5 Å². The van der Waals surface area contributed by atoms with E-state index in [9.17, 15) is 9.59 Å². The van der Waals surface area contributed by atoms with Gasteiger partial charge in [0.1, 0.15) is 5.75 Å². The fraction of sp³-hybridized carbons (Fsp3) is 0.0500. The first-order valence-corrected chi connectivity index (χ1v) is 9.44. The zero-order valence-corrected chi connectivity index (χ0v) is 15.3. The molecule has 7 nitrogen and oxygen atoms in total. The number of nitrogens with zero attached hydrogens (tertiary/aromatic N) is 2. The lowest BCUT2D eigenvalue weighted by Gasteiger charge is -2.18. The highest BCUT2D eigenvalue weighted by Crippen LogP contribution is 2.29. The topological polar surface area (TPSA) is 84.7 Å². The predicted octanol–water partition coefficient (Wildman–Crippen LogP) is 3.65.